The summed E-state index contributed by atoms with van der Waals surface area (Å²) in [6.45, 7) is 1.45. The third kappa shape index (κ3) is 2.36. The number of Topliss-reactive ketones (excluding diaryl/α,β-unsaturated/α-hetero) is 1. The Bertz CT molecular complexity index is 392. The van der Waals surface area contributed by atoms with E-state index in [1.54, 1.807) is 0 Å². The van der Waals surface area contributed by atoms with Crippen LogP contribution in [-0.2, 0) is 0 Å². The van der Waals surface area contributed by atoms with Crippen LogP contribution < -0.4 is 10.5 Å². The molecule has 0 heterocycles. The van der Waals surface area contributed by atoms with E-state index < -0.39 is 18.3 Å². The second-order valence-corrected chi connectivity index (χ2v) is 3.38. The number of carbonyl (C=O) groups excluding carboxylic acids is 1. The Labute approximate surface area is 92.2 Å². The van der Waals surface area contributed by atoms with Gasteiger partial charge in [-0.2, -0.15) is 0 Å². The van der Waals surface area contributed by atoms with Gasteiger partial charge in [0, 0.05) is 5.56 Å². The van der Waals surface area contributed by atoms with E-state index in [0.717, 1.165) is 0 Å². The van der Waals surface area contributed by atoms with Crippen LogP contribution in [0.1, 0.15) is 29.3 Å². The van der Waals surface area contributed by atoms with Crippen LogP contribution in [0.2, 0.25) is 0 Å². The van der Waals surface area contributed by atoms with Gasteiger partial charge in [-0.15, -0.1) is 0 Å². The average molecular weight is 229 g/mol. The van der Waals surface area contributed by atoms with Crippen LogP contribution in [0.5, 0.6) is 5.75 Å². The standard InChI is InChI=1S/C11H13F2NO2/c1-6(14)10(15)9-7(11(12)13)4-3-5-8(9)16-2/h3-6,11H,14H2,1-2H3. The van der Waals surface area contributed by atoms with Crippen molar-refractivity contribution < 1.29 is 18.3 Å². The molecule has 1 rings (SSSR count). The van der Waals surface area contributed by atoms with Gasteiger partial charge < -0.3 is 10.5 Å². The van der Waals surface area contributed by atoms with Crippen molar-refractivity contribution in [2.75, 3.05) is 7.11 Å². The fourth-order valence-corrected chi connectivity index (χ4v) is 1.39. The monoisotopic (exact) mass is 229 g/mol. The Hall–Kier alpha value is -1.49. The lowest BCUT2D eigenvalue weighted by molar-refractivity contribution is 0.0950. The first-order valence-electron chi connectivity index (χ1n) is 4.73. The van der Waals surface area contributed by atoms with E-state index >= 15 is 0 Å². The molecule has 1 aromatic carbocycles. The molecule has 0 aliphatic carbocycles. The van der Waals surface area contributed by atoms with Crippen molar-refractivity contribution in [3.05, 3.63) is 29.3 Å². The number of ketones is 1. The molecule has 0 aromatic heterocycles. The first-order valence-corrected chi connectivity index (χ1v) is 4.73. The Morgan fingerprint density at radius 2 is 2.06 bits per heavy atom. The molecule has 1 aromatic rings. The second-order valence-electron chi connectivity index (χ2n) is 3.38. The van der Waals surface area contributed by atoms with Crippen molar-refractivity contribution in [3.63, 3.8) is 0 Å². The van der Waals surface area contributed by atoms with Gasteiger partial charge in [-0.3, -0.25) is 4.79 Å². The summed E-state index contributed by atoms with van der Waals surface area (Å²) in [7, 11) is 1.32. The summed E-state index contributed by atoms with van der Waals surface area (Å²) in [5.41, 5.74) is 4.94. The molecule has 0 radical (unpaired) electrons. The van der Waals surface area contributed by atoms with Gasteiger partial charge in [0.15, 0.2) is 5.78 Å². The minimum Gasteiger partial charge on any atom is -0.496 e. The van der Waals surface area contributed by atoms with E-state index in [1.165, 1.54) is 32.2 Å². The predicted octanol–water partition coefficient (Wildman–Crippen LogP) is 2.16. The minimum absolute atomic E-state index is 0.125. The van der Waals surface area contributed by atoms with Crippen molar-refractivity contribution in [2.24, 2.45) is 5.73 Å². The second kappa shape index (κ2) is 5.03. The van der Waals surface area contributed by atoms with Gasteiger partial charge in [0.25, 0.3) is 6.43 Å². The van der Waals surface area contributed by atoms with Crippen LogP contribution in [0.15, 0.2) is 18.2 Å². The summed E-state index contributed by atoms with van der Waals surface area (Å²) in [6, 6.07) is 3.23. The molecule has 0 aliphatic heterocycles. The molecule has 0 spiro atoms. The van der Waals surface area contributed by atoms with Crippen LogP contribution in [0.3, 0.4) is 0 Å². The molecule has 0 aliphatic rings. The highest BCUT2D eigenvalue weighted by molar-refractivity contribution is 6.03. The maximum Gasteiger partial charge on any atom is 0.264 e. The van der Waals surface area contributed by atoms with Crippen molar-refractivity contribution >= 4 is 5.78 Å². The SMILES string of the molecule is COc1cccc(C(F)F)c1C(=O)C(C)N. The van der Waals surface area contributed by atoms with Gasteiger partial charge in [0.1, 0.15) is 5.75 Å². The molecule has 1 atom stereocenters. The number of hydrogen-bond acceptors (Lipinski definition) is 3. The minimum atomic E-state index is -2.73. The number of nitrogens with two attached hydrogens (primary N) is 1. The molecule has 3 nitrogen and oxygen atoms in total. The van der Waals surface area contributed by atoms with E-state index in [4.69, 9.17) is 10.5 Å². The largest absolute Gasteiger partial charge is 0.496 e. The molecular weight excluding hydrogens is 216 g/mol. The van der Waals surface area contributed by atoms with Gasteiger partial charge in [-0.05, 0) is 13.0 Å². The van der Waals surface area contributed by atoms with Gasteiger partial charge in [0.2, 0.25) is 0 Å². The summed E-state index contributed by atoms with van der Waals surface area (Å²) in [5, 5.41) is 0. The van der Waals surface area contributed by atoms with E-state index in [1.807, 2.05) is 0 Å². The average Bonchev–Trinajstić information content (AvgIpc) is 2.26. The molecule has 0 bridgehead atoms. The first kappa shape index (κ1) is 12.6. The number of benzene rings is 1. The Balaban J connectivity index is 3.36. The maximum atomic E-state index is 12.7. The molecule has 0 saturated heterocycles. The molecular formula is C11H13F2NO2. The number of alkyl halides is 2. The lowest BCUT2D eigenvalue weighted by atomic mass is 9.99. The Morgan fingerprint density at radius 3 is 2.50 bits per heavy atom. The van der Waals surface area contributed by atoms with E-state index in [-0.39, 0.29) is 16.9 Å². The first-order chi connectivity index (χ1) is 7.49. The lowest BCUT2D eigenvalue weighted by Crippen LogP contribution is -2.28. The van der Waals surface area contributed by atoms with Crippen molar-refractivity contribution in [3.8, 4) is 5.75 Å². The highest BCUT2D eigenvalue weighted by Gasteiger charge is 2.24. The molecule has 1 unspecified atom stereocenters. The Morgan fingerprint density at radius 1 is 1.44 bits per heavy atom. The topological polar surface area (TPSA) is 52.3 Å². The van der Waals surface area contributed by atoms with Crippen LogP contribution in [0.4, 0.5) is 8.78 Å². The zero-order valence-corrected chi connectivity index (χ0v) is 9.04. The van der Waals surface area contributed by atoms with E-state index in [0.29, 0.717) is 0 Å². The van der Waals surface area contributed by atoms with Gasteiger partial charge in [0.05, 0.1) is 18.7 Å². The lowest BCUT2D eigenvalue weighted by Gasteiger charge is -2.13. The number of ether oxygens (including phenoxy) is 1. The quantitative estimate of drug-likeness (QED) is 0.805. The van der Waals surface area contributed by atoms with Crippen LogP contribution in [0, 0.1) is 0 Å². The number of methoxy groups -OCH3 is 1. The Kier molecular flexibility index (Phi) is 3.95. The summed E-state index contributed by atoms with van der Waals surface area (Å²) >= 11 is 0. The number of halogens is 2. The fourth-order valence-electron chi connectivity index (χ4n) is 1.39. The van der Waals surface area contributed by atoms with Crippen LogP contribution in [0.25, 0.3) is 0 Å². The van der Waals surface area contributed by atoms with Crippen molar-refractivity contribution in [1.29, 1.82) is 0 Å². The third-order valence-electron chi connectivity index (χ3n) is 2.17. The smallest absolute Gasteiger partial charge is 0.264 e. The number of rotatable bonds is 4. The number of hydrogen-bond donors (Lipinski definition) is 1. The highest BCUT2D eigenvalue weighted by atomic mass is 19.3. The molecule has 0 amide bonds. The van der Waals surface area contributed by atoms with Gasteiger partial charge in [-0.25, -0.2) is 8.78 Å². The highest BCUT2D eigenvalue weighted by Crippen LogP contribution is 2.30. The summed E-state index contributed by atoms with van der Waals surface area (Å²) in [6.07, 6.45) is -2.73. The summed E-state index contributed by atoms with van der Waals surface area (Å²) in [4.78, 5) is 11.7. The van der Waals surface area contributed by atoms with E-state index in [2.05, 4.69) is 0 Å². The fraction of sp³-hybridized carbons (Fsp3) is 0.364. The van der Waals surface area contributed by atoms with Crippen molar-refractivity contribution in [2.45, 2.75) is 19.4 Å². The normalized spacial score (nSPS) is 12.6. The third-order valence-corrected chi connectivity index (χ3v) is 2.17. The zero-order valence-electron chi connectivity index (χ0n) is 9.04. The summed E-state index contributed by atoms with van der Waals surface area (Å²) < 4.78 is 30.3. The van der Waals surface area contributed by atoms with Crippen LogP contribution >= 0.6 is 0 Å². The van der Waals surface area contributed by atoms with Gasteiger partial charge >= 0.3 is 0 Å². The van der Waals surface area contributed by atoms with Crippen LogP contribution in [-0.4, -0.2) is 18.9 Å². The summed E-state index contributed by atoms with van der Waals surface area (Å²) in [5.74, 6) is -0.423. The molecule has 5 heteroatoms. The van der Waals surface area contributed by atoms with E-state index in [9.17, 15) is 13.6 Å². The zero-order chi connectivity index (χ0) is 12.3. The van der Waals surface area contributed by atoms with Crippen molar-refractivity contribution in [1.82, 2.24) is 0 Å². The maximum absolute atomic E-state index is 12.7. The molecule has 16 heavy (non-hydrogen) atoms. The molecule has 2 N–H and O–H groups in total. The molecule has 0 fully saturated rings. The molecule has 88 valence electrons. The number of carbonyl (C=O) groups is 1. The predicted molar refractivity (Wildman–Crippen MR) is 55.9 cm³/mol. The van der Waals surface area contributed by atoms with Gasteiger partial charge in [-0.1, -0.05) is 12.1 Å². The molecule has 0 saturated carbocycles.